The molecule has 34 heavy (non-hydrogen) atoms. The molecule has 0 saturated heterocycles. The van der Waals surface area contributed by atoms with E-state index in [1.165, 1.54) is 18.2 Å². The molecule has 0 heterocycles. The molecule has 0 fully saturated rings. The van der Waals surface area contributed by atoms with Crippen LogP contribution in [0.1, 0.15) is 29.0 Å². The molecule has 0 saturated carbocycles. The lowest BCUT2D eigenvalue weighted by Crippen LogP contribution is -2.48. The molecule has 1 unspecified atom stereocenters. The third-order valence-electron chi connectivity index (χ3n) is 5.69. The summed E-state index contributed by atoms with van der Waals surface area (Å²) in [5, 5.41) is 14.0. The molecule has 8 heteroatoms. The van der Waals surface area contributed by atoms with E-state index in [1.807, 2.05) is 48.5 Å². The summed E-state index contributed by atoms with van der Waals surface area (Å²) in [5.41, 5.74) is 4.72. The number of ether oxygens (including phenoxy) is 1. The highest BCUT2D eigenvalue weighted by molar-refractivity contribution is 5.89. The second-order valence-corrected chi connectivity index (χ2v) is 7.97. The van der Waals surface area contributed by atoms with Crippen LogP contribution in [0.2, 0.25) is 0 Å². The largest absolute Gasteiger partial charge is 0.481 e. The van der Waals surface area contributed by atoms with Crippen molar-refractivity contribution in [2.45, 2.75) is 24.9 Å². The average molecular weight is 462 g/mol. The molecule has 1 aliphatic rings. The van der Waals surface area contributed by atoms with Crippen LogP contribution in [0.5, 0.6) is 0 Å². The van der Waals surface area contributed by atoms with Crippen LogP contribution in [0.25, 0.3) is 11.1 Å². The van der Waals surface area contributed by atoms with E-state index < -0.39 is 36.2 Å². The molecule has 0 aliphatic heterocycles. The number of nitrogens with one attached hydrogen (secondary N) is 2. The highest BCUT2D eigenvalue weighted by atomic mass is 19.1. The Bertz CT molecular complexity index is 1180. The van der Waals surface area contributed by atoms with Gasteiger partial charge in [0, 0.05) is 12.5 Å². The zero-order valence-corrected chi connectivity index (χ0v) is 18.2. The first-order valence-electron chi connectivity index (χ1n) is 10.8. The quantitative estimate of drug-likeness (QED) is 0.472. The number of carboxylic acids is 1. The van der Waals surface area contributed by atoms with Crippen molar-refractivity contribution in [1.29, 1.82) is 0 Å². The number of carbonyl (C=O) groups excluding carboxylic acids is 2. The van der Waals surface area contributed by atoms with Gasteiger partial charge in [0.15, 0.2) is 0 Å². The molecular weight excluding hydrogens is 439 g/mol. The number of rotatable bonds is 8. The Labute approximate surface area is 195 Å². The Morgan fingerprint density at radius 2 is 1.59 bits per heavy atom. The Kier molecular flexibility index (Phi) is 6.87. The summed E-state index contributed by atoms with van der Waals surface area (Å²) in [5.74, 6) is -2.59. The van der Waals surface area contributed by atoms with E-state index in [2.05, 4.69) is 10.6 Å². The molecule has 3 N–H and O–H groups in total. The van der Waals surface area contributed by atoms with E-state index in [9.17, 15) is 18.8 Å². The van der Waals surface area contributed by atoms with Crippen molar-refractivity contribution in [1.82, 2.24) is 10.6 Å². The van der Waals surface area contributed by atoms with Crippen LogP contribution in [-0.4, -0.2) is 35.7 Å². The van der Waals surface area contributed by atoms with Gasteiger partial charge >= 0.3 is 12.1 Å². The first-order chi connectivity index (χ1) is 16.4. The molecule has 1 aliphatic carbocycles. The molecular formula is C26H23FN2O5. The maximum atomic E-state index is 13.3. The average Bonchev–Trinajstić information content (AvgIpc) is 3.14. The van der Waals surface area contributed by atoms with Crippen molar-refractivity contribution in [2.24, 2.45) is 0 Å². The summed E-state index contributed by atoms with van der Waals surface area (Å²) in [6, 6.07) is 20.0. The van der Waals surface area contributed by atoms with Crippen molar-refractivity contribution < 1.29 is 28.6 Å². The lowest BCUT2D eigenvalue weighted by atomic mass is 9.98. The Balaban J connectivity index is 1.38. The number of halogens is 1. The van der Waals surface area contributed by atoms with Crippen molar-refractivity contribution >= 4 is 18.0 Å². The highest BCUT2D eigenvalue weighted by Gasteiger charge is 2.30. The van der Waals surface area contributed by atoms with E-state index in [1.54, 1.807) is 6.07 Å². The SMILES string of the molecule is O=C(O)CC(NC(=O)OCC1c2ccccc2-c2ccccc21)C(=O)NCc1cccc(F)c1. The summed E-state index contributed by atoms with van der Waals surface area (Å²) < 4.78 is 18.7. The van der Waals surface area contributed by atoms with Crippen LogP contribution in [-0.2, 0) is 20.9 Å². The molecule has 0 aromatic heterocycles. The number of amides is 2. The van der Waals surface area contributed by atoms with E-state index in [0.29, 0.717) is 5.56 Å². The van der Waals surface area contributed by atoms with Gasteiger partial charge in [-0.2, -0.15) is 0 Å². The minimum absolute atomic E-state index is 0.0148. The fourth-order valence-electron chi connectivity index (χ4n) is 4.13. The topological polar surface area (TPSA) is 105 Å². The zero-order chi connectivity index (χ0) is 24.1. The van der Waals surface area contributed by atoms with Gasteiger partial charge in [0.1, 0.15) is 18.5 Å². The van der Waals surface area contributed by atoms with Crippen molar-refractivity contribution in [3.8, 4) is 11.1 Å². The van der Waals surface area contributed by atoms with E-state index in [0.717, 1.165) is 22.3 Å². The van der Waals surface area contributed by atoms with Gasteiger partial charge < -0.3 is 20.5 Å². The Morgan fingerprint density at radius 1 is 0.941 bits per heavy atom. The summed E-state index contributed by atoms with van der Waals surface area (Å²) in [7, 11) is 0. The predicted octanol–water partition coefficient (Wildman–Crippen LogP) is 3.82. The molecule has 4 rings (SSSR count). The van der Waals surface area contributed by atoms with Crippen LogP contribution in [0.15, 0.2) is 72.8 Å². The second-order valence-electron chi connectivity index (χ2n) is 7.97. The summed E-state index contributed by atoms with van der Waals surface area (Å²) in [4.78, 5) is 36.2. The minimum atomic E-state index is -1.35. The zero-order valence-electron chi connectivity index (χ0n) is 18.2. The number of benzene rings is 3. The number of aliphatic carboxylic acids is 1. The number of hydrogen-bond acceptors (Lipinski definition) is 4. The number of carboxylic acid groups (broad SMARTS) is 1. The number of hydrogen-bond donors (Lipinski definition) is 3. The number of fused-ring (bicyclic) bond motifs is 3. The van der Waals surface area contributed by atoms with Gasteiger partial charge in [0.05, 0.1) is 6.42 Å². The summed E-state index contributed by atoms with van der Waals surface area (Å²) >= 11 is 0. The minimum Gasteiger partial charge on any atom is -0.481 e. The third-order valence-corrected chi connectivity index (χ3v) is 5.69. The fraction of sp³-hybridized carbons (Fsp3) is 0.192. The lowest BCUT2D eigenvalue weighted by Gasteiger charge is -2.19. The summed E-state index contributed by atoms with van der Waals surface area (Å²) in [6.07, 6.45) is -1.52. The molecule has 3 aromatic rings. The maximum absolute atomic E-state index is 13.3. The fourth-order valence-corrected chi connectivity index (χ4v) is 4.13. The van der Waals surface area contributed by atoms with Crippen LogP contribution >= 0.6 is 0 Å². The van der Waals surface area contributed by atoms with Gasteiger partial charge in [-0.1, -0.05) is 60.7 Å². The van der Waals surface area contributed by atoms with E-state index in [4.69, 9.17) is 9.84 Å². The van der Waals surface area contributed by atoms with Gasteiger partial charge in [-0.15, -0.1) is 0 Å². The smallest absolute Gasteiger partial charge is 0.407 e. The molecule has 3 aromatic carbocycles. The molecule has 7 nitrogen and oxygen atoms in total. The third kappa shape index (κ3) is 5.23. The highest BCUT2D eigenvalue weighted by Crippen LogP contribution is 2.44. The van der Waals surface area contributed by atoms with Crippen molar-refractivity contribution in [3.63, 3.8) is 0 Å². The molecule has 2 amide bonds. The monoisotopic (exact) mass is 462 g/mol. The van der Waals surface area contributed by atoms with Crippen molar-refractivity contribution in [3.05, 3.63) is 95.3 Å². The van der Waals surface area contributed by atoms with Gasteiger partial charge in [-0.3, -0.25) is 9.59 Å². The van der Waals surface area contributed by atoms with Crippen LogP contribution < -0.4 is 10.6 Å². The summed E-state index contributed by atoms with van der Waals surface area (Å²) in [6.45, 7) is 0.0175. The Hall–Kier alpha value is -4.20. The van der Waals surface area contributed by atoms with Crippen LogP contribution in [0.4, 0.5) is 9.18 Å². The van der Waals surface area contributed by atoms with Crippen molar-refractivity contribution in [2.75, 3.05) is 6.61 Å². The second kappa shape index (κ2) is 10.2. The molecule has 0 spiro atoms. The molecule has 1 atom stereocenters. The maximum Gasteiger partial charge on any atom is 0.407 e. The van der Waals surface area contributed by atoms with Crippen LogP contribution in [0.3, 0.4) is 0 Å². The van der Waals surface area contributed by atoms with E-state index >= 15 is 0 Å². The number of carbonyl (C=O) groups is 3. The Morgan fingerprint density at radius 3 is 2.21 bits per heavy atom. The lowest BCUT2D eigenvalue weighted by molar-refractivity contribution is -0.139. The van der Waals surface area contributed by atoms with Gasteiger partial charge in [-0.25, -0.2) is 9.18 Å². The van der Waals surface area contributed by atoms with Gasteiger partial charge in [-0.05, 0) is 39.9 Å². The van der Waals surface area contributed by atoms with Gasteiger partial charge in [0.25, 0.3) is 0 Å². The normalized spacial score (nSPS) is 12.9. The standard InChI is InChI=1S/C26H23FN2O5/c27-17-7-5-6-16(12-17)14-28-25(32)23(13-24(30)31)29-26(33)34-15-22-20-10-3-1-8-18(20)19-9-2-4-11-21(19)22/h1-12,22-23H,13-15H2,(H,28,32)(H,29,33)(H,30,31). The molecule has 0 bridgehead atoms. The first kappa shape index (κ1) is 23.0. The number of alkyl carbamates (subject to hydrolysis) is 1. The predicted molar refractivity (Wildman–Crippen MR) is 122 cm³/mol. The van der Waals surface area contributed by atoms with E-state index in [-0.39, 0.29) is 19.1 Å². The first-order valence-corrected chi connectivity index (χ1v) is 10.8. The molecule has 0 radical (unpaired) electrons. The van der Waals surface area contributed by atoms with Crippen LogP contribution in [0, 0.1) is 5.82 Å². The van der Waals surface area contributed by atoms with Gasteiger partial charge in [0.2, 0.25) is 5.91 Å². The molecule has 174 valence electrons.